The van der Waals surface area contributed by atoms with Crippen LogP contribution < -0.4 is 10.2 Å². The number of carbonyl (C=O) groups is 1. The molecule has 2 aromatic carbocycles. The Balaban J connectivity index is 1.77. The highest BCUT2D eigenvalue weighted by Crippen LogP contribution is 2.18. The number of imidazole rings is 1. The lowest BCUT2D eigenvalue weighted by Crippen LogP contribution is -2.25. The first-order valence-electron chi connectivity index (χ1n) is 8.31. The standard InChI is InChI=1S/C20H21FN4O/c1-14-22-13-19(25(14)16-7-5-4-6-8-16)20(26)23-12-15-9-10-18(24(2)3)17(21)11-15/h4-11,13H,12H2,1-3H3,(H,23,26). The van der Waals surface area contributed by atoms with E-state index < -0.39 is 0 Å². The molecule has 6 heteroatoms. The Bertz CT molecular complexity index is 919. The number of aromatic nitrogens is 2. The van der Waals surface area contributed by atoms with Crippen LogP contribution in [0.25, 0.3) is 5.69 Å². The van der Waals surface area contributed by atoms with Crippen molar-refractivity contribution < 1.29 is 9.18 Å². The van der Waals surface area contributed by atoms with Gasteiger partial charge in [-0.05, 0) is 36.8 Å². The van der Waals surface area contributed by atoms with Gasteiger partial charge in [0.05, 0.1) is 11.9 Å². The van der Waals surface area contributed by atoms with Gasteiger partial charge in [-0.15, -0.1) is 0 Å². The van der Waals surface area contributed by atoms with Crippen molar-refractivity contribution in [1.82, 2.24) is 14.9 Å². The number of amides is 1. The predicted octanol–water partition coefficient (Wildman–Crippen LogP) is 3.32. The summed E-state index contributed by atoms with van der Waals surface area (Å²) in [4.78, 5) is 18.6. The number of aryl methyl sites for hydroxylation is 1. The first kappa shape index (κ1) is 17.7. The Hall–Kier alpha value is -3.15. The van der Waals surface area contributed by atoms with Crippen LogP contribution in [0.3, 0.4) is 0 Å². The molecule has 0 saturated carbocycles. The van der Waals surface area contributed by atoms with Gasteiger partial charge in [0.15, 0.2) is 0 Å². The topological polar surface area (TPSA) is 50.2 Å². The SMILES string of the molecule is Cc1ncc(C(=O)NCc2ccc(N(C)C)c(F)c2)n1-c1ccccc1. The average molecular weight is 352 g/mol. The van der Waals surface area contributed by atoms with E-state index in [1.54, 1.807) is 41.9 Å². The normalized spacial score (nSPS) is 10.6. The number of benzene rings is 2. The molecule has 1 aromatic heterocycles. The van der Waals surface area contributed by atoms with E-state index in [0.717, 1.165) is 11.5 Å². The molecule has 0 radical (unpaired) electrons. The van der Waals surface area contributed by atoms with Gasteiger partial charge in [0, 0.05) is 26.3 Å². The van der Waals surface area contributed by atoms with Crippen LogP contribution in [0.15, 0.2) is 54.7 Å². The molecule has 0 aliphatic carbocycles. The van der Waals surface area contributed by atoms with Gasteiger partial charge in [-0.2, -0.15) is 0 Å². The van der Waals surface area contributed by atoms with Crippen molar-refractivity contribution in [3.63, 3.8) is 0 Å². The summed E-state index contributed by atoms with van der Waals surface area (Å²) >= 11 is 0. The molecule has 0 spiro atoms. The average Bonchev–Trinajstić information content (AvgIpc) is 3.01. The minimum absolute atomic E-state index is 0.239. The zero-order chi connectivity index (χ0) is 18.7. The number of nitrogens with one attached hydrogen (secondary N) is 1. The molecule has 0 fully saturated rings. The van der Waals surface area contributed by atoms with E-state index in [9.17, 15) is 9.18 Å². The molecule has 3 rings (SSSR count). The van der Waals surface area contributed by atoms with E-state index in [-0.39, 0.29) is 18.3 Å². The molecule has 1 heterocycles. The summed E-state index contributed by atoms with van der Waals surface area (Å²) in [5, 5.41) is 2.83. The van der Waals surface area contributed by atoms with Crippen molar-refractivity contribution in [2.75, 3.05) is 19.0 Å². The predicted molar refractivity (Wildman–Crippen MR) is 100 cm³/mol. The number of carbonyl (C=O) groups excluding carboxylic acids is 1. The molecule has 0 unspecified atom stereocenters. The summed E-state index contributed by atoms with van der Waals surface area (Å²) in [5.74, 6) is 0.154. The van der Waals surface area contributed by atoms with E-state index in [1.807, 2.05) is 37.3 Å². The number of rotatable bonds is 5. The molecule has 134 valence electrons. The van der Waals surface area contributed by atoms with Crippen LogP contribution in [-0.2, 0) is 6.54 Å². The molecule has 0 bridgehead atoms. The van der Waals surface area contributed by atoms with E-state index in [2.05, 4.69) is 10.3 Å². The Morgan fingerprint density at radius 2 is 1.92 bits per heavy atom. The summed E-state index contributed by atoms with van der Waals surface area (Å²) in [6.07, 6.45) is 1.55. The monoisotopic (exact) mass is 352 g/mol. The number of halogens is 1. The lowest BCUT2D eigenvalue weighted by atomic mass is 10.2. The van der Waals surface area contributed by atoms with Crippen LogP contribution in [0.1, 0.15) is 21.9 Å². The Labute approximate surface area is 152 Å². The maximum atomic E-state index is 14.1. The fourth-order valence-corrected chi connectivity index (χ4v) is 2.80. The van der Waals surface area contributed by atoms with Crippen LogP contribution in [0, 0.1) is 12.7 Å². The molecule has 1 amide bonds. The molecule has 5 nitrogen and oxygen atoms in total. The third-order valence-corrected chi connectivity index (χ3v) is 4.13. The minimum atomic E-state index is -0.313. The fourth-order valence-electron chi connectivity index (χ4n) is 2.80. The molecule has 1 N–H and O–H groups in total. The van der Waals surface area contributed by atoms with Crippen molar-refractivity contribution in [3.05, 3.63) is 77.6 Å². The molecular weight excluding hydrogens is 331 g/mol. The molecule has 3 aromatic rings. The van der Waals surface area contributed by atoms with Gasteiger partial charge in [-0.1, -0.05) is 24.3 Å². The third kappa shape index (κ3) is 3.59. The van der Waals surface area contributed by atoms with Gasteiger partial charge < -0.3 is 10.2 Å². The maximum Gasteiger partial charge on any atom is 0.270 e. The summed E-state index contributed by atoms with van der Waals surface area (Å²) in [6.45, 7) is 2.08. The van der Waals surface area contributed by atoms with Gasteiger partial charge in [-0.25, -0.2) is 9.37 Å². The summed E-state index contributed by atoms with van der Waals surface area (Å²) in [5.41, 5.74) is 2.52. The van der Waals surface area contributed by atoms with E-state index in [1.165, 1.54) is 6.07 Å². The molecule has 26 heavy (non-hydrogen) atoms. The van der Waals surface area contributed by atoms with E-state index in [0.29, 0.717) is 16.9 Å². The maximum absolute atomic E-state index is 14.1. The Morgan fingerprint density at radius 3 is 2.58 bits per heavy atom. The third-order valence-electron chi connectivity index (χ3n) is 4.13. The molecule has 0 aliphatic heterocycles. The zero-order valence-electron chi connectivity index (χ0n) is 15.0. The van der Waals surface area contributed by atoms with Gasteiger partial charge in [0.2, 0.25) is 0 Å². The van der Waals surface area contributed by atoms with E-state index in [4.69, 9.17) is 0 Å². The summed E-state index contributed by atoms with van der Waals surface area (Å²) in [6, 6.07) is 14.5. The highest BCUT2D eigenvalue weighted by molar-refractivity contribution is 5.93. The fraction of sp³-hybridized carbons (Fsp3) is 0.200. The van der Waals surface area contributed by atoms with Gasteiger partial charge in [-0.3, -0.25) is 9.36 Å². The van der Waals surface area contributed by atoms with Crippen LogP contribution in [0.2, 0.25) is 0 Å². The molecular formula is C20H21FN4O. The number of hydrogen-bond acceptors (Lipinski definition) is 3. The largest absolute Gasteiger partial charge is 0.375 e. The second kappa shape index (κ2) is 7.39. The summed E-state index contributed by atoms with van der Waals surface area (Å²) in [7, 11) is 3.57. The van der Waals surface area contributed by atoms with E-state index >= 15 is 0 Å². The molecule has 0 saturated heterocycles. The van der Waals surface area contributed by atoms with Crippen molar-refractivity contribution in [3.8, 4) is 5.69 Å². The molecule has 0 aliphatic rings. The van der Waals surface area contributed by atoms with Crippen molar-refractivity contribution in [2.45, 2.75) is 13.5 Å². The van der Waals surface area contributed by atoms with Crippen LogP contribution >= 0.6 is 0 Å². The quantitative estimate of drug-likeness (QED) is 0.766. The zero-order valence-corrected chi connectivity index (χ0v) is 15.0. The lowest BCUT2D eigenvalue weighted by molar-refractivity contribution is 0.0944. The van der Waals surface area contributed by atoms with Gasteiger partial charge in [0.25, 0.3) is 5.91 Å². The van der Waals surface area contributed by atoms with Crippen molar-refractivity contribution >= 4 is 11.6 Å². The minimum Gasteiger partial charge on any atom is -0.375 e. The van der Waals surface area contributed by atoms with Crippen molar-refractivity contribution in [1.29, 1.82) is 0 Å². The number of hydrogen-bond donors (Lipinski definition) is 1. The molecule has 0 atom stereocenters. The number of nitrogens with zero attached hydrogens (tertiary/aromatic N) is 3. The number of para-hydroxylation sites is 1. The second-order valence-corrected chi connectivity index (χ2v) is 6.22. The number of anilines is 1. The highest BCUT2D eigenvalue weighted by atomic mass is 19.1. The smallest absolute Gasteiger partial charge is 0.270 e. The lowest BCUT2D eigenvalue weighted by Gasteiger charge is -2.14. The first-order chi connectivity index (χ1) is 12.5. The first-order valence-corrected chi connectivity index (χ1v) is 8.31. The van der Waals surface area contributed by atoms with Crippen LogP contribution in [0.5, 0.6) is 0 Å². The Morgan fingerprint density at radius 1 is 1.19 bits per heavy atom. The van der Waals surface area contributed by atoms with Crippen LogP contribution in [0.4, 0.5) is 10.1 Å². The highest BCUT2D eigenvalue weighted by Gasteiger charge is 2.16. The van der Waals surface area contributed by atoms with Gasteiger partial charge >= 0.3 is 0 Å². The van der Waals surface area contributed by atoms with Gasteiger partial charge in [0.1, 0.15) is 17.3 Å². The van der Waals surface area contributed by atoms with Crippen LogP contribution in [-0.4, -0.2) is 29.6 Å². The summed E-state index contributed by atoms with van der Waals surface area (Å²) < 4.78 is 15.9. The Kier molecular flexibility index (Phi) is 5.02. The second-order valence-electron chi connectivity index (χ2n) is 6.22. The van der Waals surface area contributed by atoms with Crippen molar-refractivity contribution in [2.24, 2.45) is 0 Å².